The van der Waals surface area contributed by atoms with Crippen molar-refractivity contribution in [1.29, 1.82) is 0 Å². The third kappa shape index (κ3) is 3.28. The number of ether oxygens (including phenoxy) is 1. The molecule has 32 heavy (non-hydrogen) atoms. The average Bonchev–Trinajstić information content (AvgIpc) is 3.22. The quantitative estimate of drug-likeness (QED) is 0.675. The van der Waals surface area contributed by atoms with Crippen molar-refractivity contribution < 1.29 is 24.2 Å². The van der Waals surface area contributed by atoms with Gasteiger partial charge in [0.2, 0.25) is 11.8 Å². The lowest BCUT2D eigenvalue weighted by molar-refractivity contribution is -0.149. The monoisotopic (exact) mass is 436 g/mol. The minimum Gasteiger partial charge on any atom is -0.495 e. The van der Waals surface area contributed by atoms with Crippen LogP contribution in [-0.4, -0.2) is 35.5 Å². The van der Waals surface area contributed by atoms with Gasteiger partial charge >= 0.3 is 5.97 Å². The maximum absolute atomic E-state index is 13.7. The molecule has 2 aliphatic rings. The Balaban J connectivity index is 1.88. The van der Waals surface area contributed by atoms with Crippen molar-refractivity contribution in [1.82, 2.24) is 5.32 Å². The fourth-order valence-electron chi connectivity index (χ4n) is 5.23. The van der Waals surface area contributed by atoms with Gasteiger partial charge in [-0.15, -0.1) is 0 Å². The molecule has 2 saturated heterocycles. The maximum atomic E-state index is 13.7. The van der Waals surface area contributed by atoms with Crippen molar-refractivity contribution in [3.05, 3.63) is 59.7 Å². The van der Waals surface area contributed by atoms with E-state index in [0.717, 1.165) is 16.0 Å². The van der Waals surface area contributed by atoms with Gasteiger partial charge in [0, 0.05) is 6.04 Å². The molecule has 4 unspecified atom stereocenters. The van der Waals surface area contributed by atoms with E-state index >= 15 is 0 Å². The van der Waals surface area contributed by atoms with Crippen LogP contribution in [0.4, 0.5) is 5.69 Å². The SMILES string of the molecule is COc1ccccc1N1C(=O)C2C(c3ccc(C)cc3)NC(CC(C)C)(C(=O)O)C2C1=O. The number of methoxy groups -OCH3 is 1. The number of rotatable bonds is 6. The van der Waals surface area contributed by atoms with Crippen molar-refractivity contribution in [3.8, 4) is 5.75 Å². The summed E-state index contributed by atoms with van der Waals surface area (Å²) >= 11 is 0. The van der Waals surface area contributed by atoms with E-state index < -0.39 is 41.2 Å². The molecule has 0 saturated carbocycles. The highest BCUT2D eigenvalue weighted by atomic mass is 16.5. The van der Waals surface area contributed by atoms with Crippen LogP contribution in [-0.2, 0) is 14.4 Å². The van der Waals surface area contributed by atoms with Gasteiger partial charge in [0.25, 0.3) is 0 Å². The second-order valence-corrected chi connectivity index (χ2v) is 9.09. The summed E-state index contributed by atoms with van der Waals surface area (Å²) in [4.78, 5) is 41.3. The Morgan fingerprint density at radius 2 is 1.78 bits per heavy atom. The highest BCUT2D eigenvalue weighted by molar-refractivity contribution is 6.24. The van der Waals surface area contributed by atoms with Gasteiger partial charge in [0.15, 0.2) is 0 Å². The lowest BCUT2D eigenvalue weighted by atomic mass is 9.75. The Hall–Kier alpha value is -3.19. The first-order chi connectivity index (χ1) is 15.2. The topological polar surface area (TPSA) is 95.9 Å². The summed E-state index contributed by atoms with van der Waals surface area (Å²) in [6.45, 7) is 5.79. The smallest absolute Gasteiger partial charge is 0.324 e. The summed E-state index contributed by atoms with van der Waals surface area (Å²) in [6.07, 6.45) is 0.227. The van der Waals surface area contributed by atoms with E-state index in [4.69, 9.17) is 4.74 Å². The molecule has 0 bridgehead atoms. The number of anilines is 1. The number of nitrogens with zero attached hydrogens (tertiary/aromatic N) is 1. The van der Waals surface area contributed by atoms with Gasteiger partial charge in [-0.25, -0.2) is 4.90 Å². The molecule has 2 amide bonds. The molecular formula is C25H28N2O5. The molecule has 0 aromatic heterocycles. The summed E-state index contributed by atoms with van der Waals surface area (Å²) in [5, 5.41) is 13.6. The Morgan fingerprint density at radius 1 is 1.12 bits per heavy atom. The van der Waals surface area contributed by atoms with Gasteiger partial charge < -0.3 is 9.84 Å². The first kappa shape index (κ1) is 22.0. The van der Waals surface area contributed by atoms with Crippen LogP contribution < -0.4 is 15.0 Å². The molecular weight excluding hydrogens is 408 g/mol. The molecule has 2 aliphatic heterocycles. The number of amides is 2. The van der Waals surface area contributed by atoms with Crippen LogP contribution in [0.5, 0.6) is 5.75 Å². The van der Waals surface area contributed by atoms with E-state index in [1.807, 2.05) is 45.0 Å². The molecule has 0 spiro atoms. The van der Waals surface area contributed by atoms with Crippen molar-refractivity contribution in [2.75, 3.05) is 12.0 Å². The van der Waals surface area contributed by atoms with Crippen LogP contribution in [0.3, 0.4) is 0 Å². The second-order valence-electron chi connectivity index (χ2n) is 9.09. The van der Waals surface area contributed by atoms with Gasteiger partial charge in [0.05, 0.1) is 24.6 Å². The predicted molar refractivity (Wildman–Crippen MR) is 119 cm³/mol. The predicted octanol–water partition coefficient (Wildman–Crippen LogP) is 3.32. The molecule has 7 heteroatoms. The zero-order valence-electron chi connectivity index (χ0n) is 18.7. The number of para-hydroxylation sites is 2. The van der Waals surface area contributed by atoms with Crippen LogP contribution in [0.2, 0.25) is 0 Å². The highest BCUT2D eigenvalue weighted by Gasteiger charge is 2.68. The number of nitrogens with one attached hydrogen (secondary N) is 1. The largest absolute Gasteiger partial charge is 0.495 e. The summed E-state index contributed by atoms with van der Waals surface area (Å²) in [5.41, 5.74) is 0.642. The number of benzene rings is 2. The lowest BCUT2D eigenvalue weighted by Gasteiger charge is -2.32. The van der Waals surface area contributed by atoms with Gasteiger partial charge in [-0.2, -0.15) is 0 Å². The van der Waals surface area contributed by atoms with Crippen LogP contribution in [0, 0.1) is 24.7 Å². The van der Waals surface area contributed by atoms with E-state index in [9.17, 15) is 19.5 Å². The van der Waals surface area contributed by atoms with Gasteiger partial charge in [-0.1, -0.05) is 55.8 Å². The van der Waals surface area contributed by atoms with Crippen LogP contribution in [0.15, 0.2) is 48.5 Å². The lowest BCUT2D eigenvalue weighted by Crippen LogP contribution is -2.56. The van der Waals surface area contributed by atoms with Crippen molar-refractivity contribution >= 4 is 23.5 Å². The zero-order chi connectivity index (χ0) is 23.2. The number of carboxylic acids is 1. The molecule has 168 valence electrons. The minimum atomic E-state index is -1.54. The third-order valence-electron chi connectivity index (χ3n) is 6.53. The van der Waals surface area contributed by atoms with E-state index in [-0.39, 0.29) is 12.3 Å². The van der Waals surface area contributed by atoms with Crippen molar-refractivity contribution in [2.24, 2.45) is 17.8 Å². The number of hydrogen-bond donors (Lipinski definition) is 2. The van der Waals surface area contributed by atoms with Crippen molar-refractivity contribution in [3.63, 3.8) is 0 Å². The Bertz CT molecular complexity index is 1060. The van der Waals surface area contributed by atoms with Crippen LogP contribution in [0.1, 0.15) is 37.4 Å². The van der Waals surface area contributed by atoms with E-state index in [1.54, 1.807) is 24.3 Å². The average molecular weight is 437 g/mol. The molecule has 2 fully saturated rings. The number of aliphatic carboxylic acids is 1. The van der Waals surface area contributed by atoms with Crippen LogP contribution in [0.25, 0.3) is 0 Å². The fourth-order valence-corrected chi connectivity index (χ4v) is 5.23. The van der Waals surface area contributed by atoms with Crippen LogP contribution >= 0.6 is 0 Å². The molecule has 2 aromatic rings. The molecule has 2 aromatic carbocycles. The summed E-state index contributed by atoms with van der Waals surface area (Å²) < 4.78 is 5.39. The summed E-state index contributed by atoms with van der Waals surface area (Å²) in [6, 6.07) is 13.8. The number of aryl methyl sites for hydroxylation is 1. The zero-order valence-corrected chi connectivity index (χ0v) is 18.7. The first-order valence-electron chi connectivity index (χ1n) is 10.8. The Labute approximate surface area is 187 Å². The van der Waals surface area contributed by atoms with E-state index in [0.29, 0.717) is 11.4 Å². The molecule has 0 radical (unpaired) electrons. The number of carbonyl (C=O) groups excluding carboxylic acids is 2. The summed E-state index contributed by atoms with van der Waals surface area (Å²) in [5.74, 6) is -3.49. The van der Waals surface area contributed by atoms with Gasteiger partial charge in [-0.05, 0) is 37.0 Å². The molecule has 2 heterocycles. The Morgan fingerprint density at radius 3 is 2.38 bits per heavy atom. The molecule has 0 aliphatic carbocycles. The van der Waals surface area contributed by atoms with E-state index in [1.165, 1.54) is 7.11 Å². The van der Waals surface area contributed by atoms with E-state index in [2.05, 4.69) is 5.32 Å². The minimum absolute atomic E-state index is 0.000712. The molecule has 7 nitrogen and oxygen atoms in total. The third-order valence-corrected chi connectivity index (χ3v) is 6.53. The maximum Gasteiger partial charge on any atom is 0.324 e. The fraction of sp³-hybridized carbons (Fsp3) is 0.400. The molecule has 4 rings (SSSR count). The normalized spacial score (nSPS) is 27.2. The molecule has 2 N–H and O–H groups in total. The summed E-state index contributed by atoms with van der Waals surface area (Å²) in [7, 11) is 1.47. The second kappa shape index (κ2) is 8.06. The molecule has 4 atom stereocenters. The number of carboxylic acid groups (broad SMARTS) is 1. The standard InChI is InChI=1S/C25H28N2O5/c1-14(2)13-25(24(30)31)20-19(21(26-25)16-11-9-15(3)10-12-16)22(28)27(23(20)29)17-7-5-6-8-18(17)32-4/h5-12,14,19-21,26H,13H2,1-4H3,(H,30,31). The first-order valence-corrected chi connectivity index (χ1v) is 10.8. The number of hydrogen-bond acceptors (Lipinski definition) is 5. The van der Waals surface area contributed by atoms with Gasteiger partial charge in [-0.3, -0.25) is 19.7 Å². The number of imide groups is 1. The highest BCUT2D eigenvalue weighted by Crippen LogP contribution is 2.52. The van der Waals surface area contributed by atoms with Gasteiger partial charge in [0.1, 0.15) is 11.3 Å². The Kier molecular flexibility index (Phi) is 5.54. The number of carbonyl (C=O) groups is 3. The number of fused-ring (bicyclic) bond motifs is 1. The van der Waals surface area contributed by atoms with Crippen molar-refractivity contribution in [2.45, 2.75) is 38.8 Å².